The van der Waals surface area contributed by atoms with Gasteiger partial charge in [0, 0.05) is 18.6 Å². The van der Waals surface area contributed by atoms with E-state index < -0.39 is 10.0 Å². The molecule has 1 aromatic heterocycles. The SMILES string of the molecule is CCCN(C1CCC(N)CC1)S(=O)(=O)c1cc(Br)sc1Br. The van der Waals surface area contributed by atoms with E-state index in [2.05, 4.69) is 31.9 Å². The average molecular weight is 460 g/mol. The van der Waals surface area contributed by atoms with Crippen molar-refractivity contribution in [1.29, 1.82) is 0 Å². The zero-order valence-electron chi connectivity index (χ0n) is 11.9. The number of hydrogen-bond acceptors (Lipinski definition) is 4. The molecule has 1 saturated carbocycles. The summed E-state index contributed by atoms with van der Waals surface area (Å²) in [7, 11) is -3.46. The van der Waals surface area contributed by atoms with Gasteiger partial charge in [-0.3, -0.25) is 0 Å². The zero-order valence-corrected chi connectivity index (χ0v) is 16.7. The molecule has 21 heavy (non-hydrogen) atoms. The van der Waals surface area contributed by atoms with Gasteiger partial charge in [-0.05, 0) is 70.0 Å². The van der Waals surface area contributed by atoms with Crippen LogP contribution in [0.15, 0.2) is 18.5 Å². The molecular weight excluding hydrogens is 440 g/mol. The van der Waals surface area contributed by atoms with Crippen LogP contribution in [0.4, 0.5) is 0 Å². The van der Waals surface area contributed by atoms with Crippen molar-refractivity contribution in [1.82, 2.24) is 4.31 Å². The lowest BCUT2D eigenvalue weighted by Crippen LogP contribution is -2.44. The van der Waals surface area contributed by atoms with E-state index in [1.165, 1.54) is 11.3 Å². The van der Waals surface area contributed by atoms with Crippen LogP contribution in [-0.4, -0.2) is 31.4 Å². The third kappa shape index (κ3) is 4.09. The van der Waals surface area contributed by atoms with E-state index in [1.807, 2.05) is 6.92 Å². The third-order valence-corrected chi connectivity index (χ3v) is 8.51. The van der Waals surface area contributed by atoms with Gasteiger partial charge in [-0.1, -0.05) is 6.92 Å². The predicted molar refractivity (Wildman–Crippen MR) is 94.1 cm³/mol. The van der Waals surface area contributed by atoms with Gasteiger partial charge in [0.05, 0.1) is 7.57 Å². The van der Waals surface area contributed by atoms with Crippen molar-refractivity contribution in [3.63, 3.8) is 0 Å². The fraction of sp³-hybridized carbons (Fsp3) is 0.692. The Morgan fingerprint density at radius 1 is 1.33 bits per heavy atom. The maximum Gasteiger partial charge on any atom is 0.245 e. The maximum atomic E-state index is 13.0. The van der Waals surface area contributed by atoms with Gasteiger partial charge in [0.25, 0.3) is 0 Å². The van der Waals surface area contributed by atoms with E-state index in [0.717, 1.165) is 35.9 Å². The molecule has 0 aliphatic heterocycles. The fourth-order valence-electron chi connectivity index (χ4n) is 2.74. The molecule has 0 atom stereocenters. The summed E-state index contributed by atoms with van der Waals surface area (Å²) in [6.07, 6.45) is 4.31. The predicted octanol–water partition coefficient (Wildman–Crippen LogP) is 3.94. The molecule has 1 aromatic rings. The van der Waals surface area contributed by atoms with Gasteiger partial charge in [-0.25, -0.2) is 8.42 Å². The Hall–Kier alpha value is 0.530. The Bertz CT molecular complexity index is 581. The van der Waals surface area contributed by atoms with Crippen LogP contribution in [-0.2, 0) is 10.0 Å². The van der Waals surface area contributed by atoms with E-state index in [-0.39, 0.29) is 12.1 Å². The monoisotopic (exact) mass is 458 g/mol. The van der Waals surface area contributed by atoms with Crippen molar-refractivity contribution < 1.29 is 8.42 Å². The van der Waals surface area contributed by atoms with Crippen molar-refractivity contribution >= 4 is 53.2 Å². The largest absolute Gasteiger partial charge is 0.328 e. The van der Waals surface area contributed by atoms with Gasteiger partial charge in [0.1, 0.15) is 4.90 Å². The van der Waals surface area contributed by atoms with Crippen LogP contribution < -0.4 is 5.73 Å². The summed E-state index contributed by atoms with van der Waals surface area (Å²) in [5.74, 6) is 0. The minimum Gasteiger partial charge on any atom is -0.328 e. The Morgan fingerprint density at radius 2 is 1.95 bits per heavy atom. The van der Waals surface area contributed by atoms with E-state index >= 15 is 0 Å². The molecule has 0 saturated heterocycles. The third-order valence-electron chi connectivity index (χ3n) is 3.80. The number of rotatable bonds is 5. The summed E-state index contributed by atoms with van der Waals surface area (Å²) in [6.45, 7) is 2.57. The molecule has 2 rings (SSSR count). The molecule has 0 unspecified atom stereocenters. The number of thiophene rings is 1. The molecule has 120 valence electrons. The van der Waals surface area contributed by atoms with Crippen LogP contribution in [0.3, 0.4) is 0 Å². The maximum absolute atomic E-state index is 13.0. The standard InChI is InChI=1S/C13H20Br2N2O2S2/c1-2-7-17(10-5-3-9(16)4-6-10)21(18,19)11-8-12(14)20-13(11)15/h8-10H,2-7,16H2,1H3. The van der Waals surface area contributed by atoms with Gasteiger partial charge in [-0.2, -0.15) is 4.31 Å². The lowest BCUT2D eigenvalue weighted by atomic mass is 9.92. The first-order chi connectivity index (χ1) is 9.86. The van der Waals surface area contributed by atoms with Crippen LogP contribution in [0.2, 0.25) is 0 Å². The van der Waals surface area contributed by atoms with Crippen LogP contribution in [0.5, 0.6) is 0 Å². The van der Waals surface area contributed by atoms with Crippen molar-refractivity contribution in [3.8, 4) is 0 Å². The molecule has 1 fully saturated rings. The first-order valence-corrected chi connectivity index (χ1v) is 10.9. The van der Waals surface area contributed by atoms with Gasteiger partial charge < -0.3 is 5.73 Å². The van der Waals surface area contributed by atoms with E-state index in [4.69, 9.17) is 5.73 Å². The summed E-state index contributed by atoms with van der Waals surface area (Å²) < 4.78 is 29.1. The highest BCUT2D eigenvalue weighted by Crippen LogP contribution is 2.38. The minimum atomic E-state index is -3.46. The summed E-state index contributed by atoms with van der Waals surface area (Å²) in [5.41, 5.74) is 5.94. The number of nitrogens with zero attached hydrogens (tertiary/aromatic N) is 1. The number of halogens is 2. The van der Waals surface area contributed by atoms with E-state index in [0.29, 0.717) is 15.2 Å². The summed E-state index contributed by atoms with van der Waals surface area (Å²) in [4.78, 5) is 0.364. The highest BCUT2D eigenvalue weighted by atomic mass is 79.9. The van der Waals surface area contributed by atoms with Gasteiger partial charge in [0.15, 0.2) is 0 Å². The highest BCUT2D eigenvalue weighted by Gasteiger charge is 2.34. The molecule has 0 aromatic carbocycles. The van der Waals surface area contributed by atoms with E-state index in [1.54, 1.807) is 10.4 Å². The first-order valence-electron chi connectivity index (χ1n) is 7.08. The molecule has 0 amide bonds. The number of sulfonamides is 1. The lowest BCUT2D eigenvalue weighted by Gasteiger charge is -2.35. The Morgan fingerprint density at radius 3 is 2.43 bits per heavy atom. The first kappa shape index (κ1) is 17.9. The van der Waals surface area contributed by atoms with Crippen LogP contribution in [0.25, 0.3) is 0 Å². The second-order valence-corrected chi connectivity index (χ2v) is 11.0. The van der Waals surface area contributed by atoms with E-state index in [9.17, 15) is 8.42 Å². The summed E-state index contributed by atoms with van der Waals surface area (Å²) >= 11 is 8.11. The summed E-state index contributed by atoms with van der Waals surface area (Å²) in [6, 6.07) is 1.97. The zero-order chi connectivity index (χ0) is 15.6. The minimum absolute atomic E-state index is 0.0697. The second kappa shape index (κ2) is 7.40. The molecule has 1 aliphatic carbocycles. The Labute approximate surface area is 147 Å². The molecule has 8 heteroatoms. The van der Waals surface area contributed by atoms with Crippen molar-refractivity contribution in [3.05, 3.63) is 13.6 Å². The fourth-order valence-corrected chi connectivity index (χ4v) is 8.28. The topological polar surface area (TPSA) is 63.4 Å². The van der Waals surface area contributed by atoms with Gasteiger partial charge in [0.2, 0.25) is 10.0 Å². The van der Waals surface area contributed by atoms with Crippen LogP contribution in [0, 0.1) is 0 Å². The van der Waals surface area contributed by atoms with Crippen LogP contribution >= 0.6 is 43.2 Å². The number of nitrogens with two attached hydrogens (primary N) is 1. The summed E-state index contributed by atoms with van der Waals surface area (Å²) in [5, 5.41) is 0. The average Bonchev–Trinajstić information content (AvgIpc) is 2.77. The Kier molecular flexibility index (Phi) is 6.30. The molecule has 2 N–H and O–H groups in total. The second-order valence-electron chi connectivity index (χ2n) is 5.37. The quantitative estimate of drug-likeness (QED) is 0.724. The normalized spacial score (nSPS) is 23.7. The molecule has 1 heterocycles. The number of hydrogen-bond donors (Lipinski definition) is 1. The molecular formula is C13H20Br2N2O2S2. The van der Waals surface area contributed by atoms with Gasteiger partial charge >= 0.3 is 0 Å². The molecule has 0 spiro atoms. The van der Waals surface area contributed by atoms with Gasteiger partial charge in [-0.15, -0.1) is 11.3 Å². The molecule has 1 aliphatic rings. The molecule has 4 nitrogen and oxygen atoms in total. The Balaban J connectivity index is 2.30. The smallest absolute Gasteiger partial charge is 0.245 e. The van der Waals surface area contributed by atoms with Crippen molar-refractivity contribution in [2.24, 2.45) is 5.73 Å². The molecule has 0 bridgehead atoms. The van der Waals surface area contributed by atoms with Crippen LogP contribution in [0.1, 0.15) is 39.0 Å². The highest BCUT2D eigenvalue weighted by molar-refractivity contribution is 9.12. The lowest BCUT2D eigenvalue weighted by molar-refractivity contribution is 0.240. The van der Waals surface area contributed by atoms with Crippen molar-refractivity contribution in [2.45, 2.75) is 56.0 Å². The molecule has 0 radical (unpaired) electrons. The van der Waals surface area contributed by atoms with Crippen molar-refractivity contribution in [2.75, 3.05) is 6.54 Å².